The van der Waals surface area contributed by atoms with E-state index < -0.39 is 0 Å². The molecule has 0 aromatic heterocycles. The molecule has 2 heterocycles. The van der Waals surface area contributed by atoms with Crippen molar-refractivity contribution in [1.29, 1.82) is 0 Å². The quantitative estimate of drug-likeness (QED) is 0.519. The van der Waals surface area contributed by atoms with Crippen molar-refractivity contribution in [2.45, 2.75) is 25.4 Å². The lowest BCUT2D eigenvalue weighted by Gasteiger charge is -2.51. The summed E-state index contributed by atoms with van der Waals surface area (Å²) in [5.74, 6) is 0.802. The summed E-state index contributed by atoms with van der Waals surface area (Å²) in [7, 11) is 2.19. The van der Waals surface area contributed by atoms with E-state index in [1.54, 1.807) is 0 Å². The molecule has 2 nitrogen and oxygen atoms in total. The first kappa shape index (κ1) is 7.56. The molecule has 64 valence electrons. The topological polar surface area (TPSA) is 12.5 Å². The molecule has 0 saturated carbocycles. The Bertz CT molecular complexity index is 150. The summed E-state index contributed by atoms with van der Waals surface area (Å²) >= 11 is 0. The molecule has 0 N–H and O–H groups in total. The Kier molecular flexibility index (Phi) is 1.69. The maximum atomic E-state index is 5.69. The maximum absolute atomic E-state index is 5.69. The molecule has 2 aliphatic rings. The molecule has 0 aromatic rings. The van der Waals surface area contributed by atoms with Gasteiger partial charge in [0.05, 0.1) is 12.2 Å². The van der Waals surface area contributed by atoms with Gasteiger partial charge in [0.1, 0.15) is 0 Å². The molecule has 1 spiro atoms. The van der Waals surface area contributed by atoms with Crippen LogP contribution in [-0.2, 0) is 4.74 Å². The number of hydrogen-bond acceptors (Lipinski definition) is 2. The Labute approximate surface area is 68.5 Å². The van der Waals surface area contributed by atoms with Crippen LogP contribution in [0.5, 0.6) is 0 Å². The Balaban J connectivity index is 1.96. The predicted octanol–water partition coefficient (Wildman–Crippen LogP) is 1.12. The average molecular weight is 155 g/mol. The summed E-state index contributed by atoms with van der Waals surface area (Å²) in [6, 6.07) is 0. The number of nitrogens with zero attached hydrogens (tertiary/aromatic N) is 1. The highest BCUT2D eigenvalue weighted by atomic mass is 16.5. The van der Waals surface area contributed by atoms with E-state index in [2.05, 4.69) is 18.9 Å². The summed E-state index contributed by atoms with van der Waals surface area (Å²) in [6.07, 6.45) is 2.48. The van der Waals surface area contributed by atoms with Crippen molar-refractivity contribution in [2.24, 2.45) is 5.92 Å². The van der Waals surface area contributed by atoms with Crippen molar-refractivity contribution in [3.8, 4) is 0 Å². The molecule has 0 aliphatic carbocycles. The van der Waals surface area contributed by atoms with Crippen molar-refractivity contribution in [3.05, 3.63) is 0 Å². The third kappa shape index (κ3) is 1.09. The van der Waals surface area contributed by atoms with E-state index in [1.165, 1.54) is 25.9 Å². The fourth-order valence-corrected chi connectivity index (χ4v) is 2.12. The van der Waals surface area contributed by atoms with Crippen LogP contribution in [0.2, 0.25) is 0 Å². The second-order valence-corrected chi connectivity index (χ2v) is 4.08. The second kappa shape index (κ2) is 2.46. The van der Waals surface area contributed by atoms with Crippen molar-refractivity contribution in [2.75, 3.05) is 26.7 Å². The number of rotatable bonds is 0. The molecule has 0 aromatic carbocycles. The van der Waals surface area contributed by atoms with Crippen molar-refractivity contribution < 1.29 is 4.74 Å². The average Bonchev–Trinajstić information content (AvgIpc) is 2.03. The van der Waals surface area contributed by atoms with Crippen LogP contribution in [0.15, 0.2) is 0 Å². The summed E-state index contributed by atoms with van der Waals surface area (Å²) in [4.78, 5) is 2.39. The highest BCUT2D eigenvalue weighted by molar-refractivity contribution is 4.96. The van der Waals surface area contributed by atoms with Gasteiger partial charge in [0, 0.05) is 19.0 Å². The fraction of sp³-hybridized carbons (Fsp3) is 1.00. The molecule has 2 aliphatic heterocycles. The zero-order chi connectivity index (χ0) is 7.90. The van der Waals surface area contributed by atoms with Crippen LogP contribution >= 0.6 is 0 Å². The van der Waals surface area contributed by atoms with Gasteiger partial charge in [-0.05, 0) is 19.9 Å². The molecule has 0 amide bonds. The van der Waals surface area contributed by atoms with Gasteiger partial charge in [-0.25, -0.2) is 0 Å². The summed E-state index contributed by atoms with van der Waals surface area (Å²) < 4.78 is 5.69. The van der Waals surface area contributed by atoms with Gasteiger partial charge >= 0.3 is 0 Å². The highest BCUT2D eigenvalue weighted by Crippen LogP contribution is 2.40. The highest BCUT2D eigenvalue weighted by Gasteiger charge is 2.46. The second-order valence-electron chi connectivity index (χ2n) is 4.08. The third-order valence-corrected chi connectivity index (χ3v) is 3.35. The smallest absolute Gasteiger partial charge is 0.0754 e. The van der Waals surface area contributed by atoms with E-state index in [0.717, 1.165) is 12.5 Å². The molecule has 11 heavy (non-hydrogen) atoms. The summed E-state index contributed by atoms with van der Waals surface area (Å²) in [5.41, 5.74) is 0.298. The lowest BCUT2D eigenvalue weighted by Crippen LogP contribution is -2.57. The normalized spacial score (nSPS) is 37.1. The van der Waals surface area contributed by atoms with Crippen molar-refractivity contribution in [1.82, 2.24) is 4.90 Å². The molecule has 2 fully saturated rings. The van der Waals surface area contributed by atoms with Crippen LogP contribution in [0, 0.1) is 5.92 Å². The minimum absolute atomic E-state index is 0.298. The zero-order valence-electron chi connectivity index (χ0n) is 7.47. The first-order valence-corrected chi connectivity index (χ1v) is 4.55. The van der Waals surface area contributed by atoms with Crippen LogP contribution in [0.25, 0.3) is 0 Å². The SMILES string of the molecule is C[C@@H]1COC12CCN(C)CC2. The van der Waals surface area contributed by atoms with Crippen LogP contribution in [0.3, 0.4) is 0 Å². The van der Waals surface area contributed by atoms with Crippen LogP contribution in [0.1, 0.15) is 19.8 Å². The minimum Gasteiger partial charge on any atom is -0.374 e. The molecule has 0 radical (unpaired) electrons. The summed E-state index contributed by atoms with van der Waals surface area (Å²) in [5, 5.41) is 0. The number of ether oxygens (including phenoxy) is 1. The number of likely N-dealkylation sites (tertiary alicyclic amines) is 1. The van der Waals surface area contributed by atoms with Gasteiger partial charge < -0.3 is 9.64 Å². The van der Waals surface area contributed by atoms with E-state index in [-0.39, 0.29) is 0 Å². The summed E-state index contributed by atoms with van der Waals surface area (Å²) in [6.45, 7) is 5.73. The van der Waals surface area contributed by atoms with Gasteiger partial charge in [0.15, 0.2) is 0 Å². The third-order valence-electron chi connectivity index (χ3n) is 3.35. The van der Waals surface area contributed by atoms with Crippen LogP contribution < -0.4 is 0 Å². The molecule has 2 saturated heterocycles. The lowest BCUT2D eigenvalue weighted by atomic mass is 9.76. The molecule has 2 rings (SSSR count). The van der Waals surface area contributed by atoms with E-state index in [4.69, 9.17) is 4.74 Å². The predicted molar refractivity (Wildman–Crippen MR) is 44.6 cm³/mol. The molecular weight excluding hydrogens is 138 g/mol. The first-order chi connectivity index (χ1) is 5.23. The van der Waals surface area contributed by atoms with Crippen molar-refractivity contribution >= 4 is 0 Å². The fourth-order valence-electron chi connectivity index (χ4n) is 2.12. The van der Waals surface area contributed by atoms with E-state index in [1.807, 2.05) is 0 Å². The molecule has 0 unspecified atom stereocenters. The van der Waals surface area contributed by atoms with Crippen LogP contribution in [-0.4, -0.2) is 37.2 Å². The Morgan fingerprint density at radius 1 is 1.36 bits per heavy atom. The number of hydrogen-bond donors (Lipinski definition) is 0. The molecular formula is C9H17NO. The van der Waals surface area contributed by atoms with Gasteiger partial charge in [-0.2, -0.15) is 0 Å². The van der Waals surface area contributed by atoms with Gasteiger partial charge in [-0.15, -0.1) is 0 Å². The zero-order valence-corrected chi connectivity index (χ0v) is 7.47. The van der Waals surface area contributed by atoms with Gasteiger partial charge in [-0.3, -0.25) is 0 Å². The van der Waals surface area contributed by atoms with Gasteiger partial charge in [-0.1, -0.05) is 6.92 Å². The van der Waals surface area contributed by atoms with E-state index in [9.17, 15) is 0 Å². The largest absolute Gasteiger partial charge is 0.374 e. The first-order valence-electron chi connectivity index (χ1n) is 4.55. The van der Waals surface area contributed by atoms with Gasteiger partial charge in [0.25, 0.3) is 0 Å². The lowest BCUT2D eigenvalue weighted by molar-refractivity contribution is -0.217. The standard InChI is InChI=1S/C9H17NO/c1-8-7-11-9(8)3-5-10(2)6-4-9/h8H,3-7H2,1-2H3/t8-/m1/s1. The Hall–Kier alpha value is -0.0800. The Morgan fingerprint density at radius 3 is 2.36 bits per heavy atom. The van der Waals surface area contributed by atoms with E-state index in [0.29, 0.717) is 5.60 Å². The van der Waals surface area contributed by atoms with Crippen LogP contribution in [0.4, 0.5) is 0 Å². The number of piperidine rings is 1. The van der Waals surface area contributed by atoms with Crippen molar-refractivity contribution in [3.63, 3.8) is 0 Å². The van der Waals surface area contributed by atoms with E-state index >= 15 is 0 Å². The molecule has 2 heteroatoms. The Morgan fingerprint density at radius 2 is 2.00 bits per heavy atom. The molecule has 0 bridgehead atoms. The maximum Gasteiger partial charge on any atom is 0.0754 e. The monoisotopic (exact) mass is 155 g/mol. The molecule has 1 atom stereocenters. The minimum atomic E-state index is 0.298. The van der Waals surface area contributed by atoms with Gasteiger partial charge in [0.2, 0.25) is 0 Å².